The summed E-state index contributed by atoms with van der Waals surface area (Å²) < 4.78 is 6.09. The van der Waals surface area contributed by atoms with Crippen molar-refractivity contribution in [1.29, 1.82) is 0 Å². The van der Waals surface area contributed by atoms with Crippen molar-refractivity contribution in [1.82, 2.24) is 9.88 Å². The number of nitrogens with zero attached hydrogens (tertiary/aromatic N) is 2. The first-order chi connectivity index (χ1) is 14.5. The van der Waals surface area contributed by atoms with Crippen LogP contribution in [0.1, 0.15) is 47.2 Å². The first-order valence-corrected chi connectivity index (χ1v) is 10.2. The van der Waals surface area contributed by atoms with Gasteiger partial charge >= 0.3 is 12.1 Å². The Morgan fingerprint density at radius 3 is 2.87 bits per heavy atom. The zero-order chi connectivity index (χ0) is 21.1. The summed E-state index contributed by atoms with van der Waals surface area (Å²) in [5, 5.41) is 9.59. The number of rotatable bonds is 2. The third kappa shape index (κ3) is 3.88. The number of amides is 1. The fourth-order valence-corrected chi connectivity index (χ4v) is 4.67. The Bertz CT molecular complexity index is 1010. The van der Waals surface area contributed by atoms with E-state index in [9.17, 15) is 14.7 Å². The Balaban J connectivity index is 1.71. The van der Waals surface area contributed by atoms with Gasteiger partial charge in [-0.25, -0.2) is 9.59 Å². The standard InChI is InChI=1S/C24H24N2O4/c1-17-5-2-6-18(15-17)9-12-24(30-22(27)19-7-4-13-25-16-19)11-3-8-21-20(24)10-14-26(21)23(28)29/h2,4-7,13,15-16,20-21H,3,8,10-11,14H2,1H3,(H,28,29). The maximum atomic E-state index is 12.9. The van der Waals surface area contributed by atoms with Crippen molar-refractivity contribution in [3.63, 3.8) is 0 Å². The highest BCUT2D eigenvalue weighted by Gasteiger charge is 2.53. The maximum Gasteiger partial charge on any atom is 0.407 e. The summed E-state index contributed by atoms with van der Waals surface area (Å²) in [6.45, 7) is 2.44. The van der Waals surface area contributed by atoms with Gasteiger partial charge in [-0.3, -0.25) is 4.98 Å². The molecule has 3 unspecified atom stereocenters. The number of benzene rings is 1. The van der Waals surface area contributed by atoms with Crippen molar-refractivity contribution in [2.75, 3.05) is 6.54 Å². The molecule has 2 aliphatic rings. The van der Waals surface area contributed by atoms with E-state index in [2.05, 4.69) is 16.8 Å². The van der Waals surface area contributed by atoms with Crippen LogP contribution in [0.3, 0.4) is 0 Å². The van der Waals surface area contributed by atoms with Crippen LogP contribution in [0.5, 0.6) is 0 Å². The highest BCUT2D eigenvalue weighted by molar-refractivity contribution is 5.89. The van der Waals surface area contributed by atoms with Crippen molar-refractivity contribution in [3.8, 4) is 11.8 Å². The molecular weight excluding hydrogens is 380 g/mol. The number of ether oxygens (including phenoxy) is 1. The van der Waals surface area contributed by atoms with Crippen molar-refractivity contribution in [3.05, 3.63) is 65.5 Å². The first kappa shape index (κ1) is 20.0. The number of carbonyl (C=O) groups is 2. The van der Waals surface area contributed by atoms with Crippen LogP contribution in [0.2, 0.25) is 0 Å². The van der Waals surface area contributed by atoms with Crippen LogP contribution < -0.4 is 0 Å². The monoisotopic (exact) mass is 404 g/mol. The molecule has 30 heavy (non-hydrogen) atoms. The number of hydrogen-bond acceptors (Lipinski definition) is 4. The third-order valence-electron chi connectivity index (χ3n) is 6.05. The van der Waals surface area contributed by atoms with Crippen molar-refractivity contribution < 1.29 is 19.4 Å². The molecule has 1 aromatic carbocycles. The predicted octanol–water partition coefficient (Wildman–Crippen LogP) is 3.89. The molecule has 0 spiro atoms. The predicted molar refractivity (Wildman–Crippen MR) is 111 cm³/mol. The molecule has 1 saturated carbocycles. The maximum absolute atomic E-state index is 12.9. The molecule has 6 heteroatoms. The van der Waals surface area contributed by atoms with E-state index in [-0.39, 0.29) is 12.0 Å². The Hall–Kier alpha value is -3.33. The van der Waals surface area contributed by atoms with Crippen LogP contribution in [0.15, 0.2) is 48.8 Å². The molecule has 1 saturated heterocycles. The van der Waals surface area contributed by atoms with E-state index in [1.165, 1.54) is 11.1 Å². The van der Waals surface area contributed by atoms with E-state index < -0.39 is 17.7 Å². The molecule has 0 bridgehead atoms. The van der Waals surface area contributed by atoms with Crippen LogP contribution in [0.4, 0.5) is 4.79 Å². The van der Waals surface area contributed by atoms with Gasteiger partial charge in [0.1, 0.15) is 0 Å². The highest BCUT2D eigenvalue weighted by Crippen LogP contribution is 2.45. The Morgan fingerprint density at radius 2 is 2.13 bits per heavy atom. The zero-order valence-corrected chi connectivity index (χ0v) is 16.9. The van der Waals surface area contributed by atoms with Gasteiger partial charge in [-0.05, 0) is 68.4 Å². The van der Waals surface area contributed by atoms with Gasteiger partial charge in [0, 0.05) is 36.5 Å². The lowest BCUT2D eigenvalue weighted by Gasteiger charge is -2.42. The average Bonchev–Trinajstić information content (AvgIpc) is 3.19. The molecule has 3 atom stereocenters. The van der Waals surface area contributed by atoms with Gasteiger partial charge in [-0.2, -0.15) is 0 Å². The number of aromatic nitrogens is 1. The number of likely N-dealkylation sites (tertiary alicyclic amines) is 1. The summed E-state index contributed by atoms with van der Waals surface area (Å²) in [6, 6.07) is 11.0. The molecule has 1 aromatic heterocycles. The number of pyridine rings is 1. The molecule has 2 aromatic rings. The third-order valence-corrected chi connectivity index (χ3v) is 6.05. The lowest BCUT2D eigenvalue weighted by Crippen LogP contribution is -2.51. The minimum Gasteiger partial charge on any atom is -0.465 e. The number of esters is 1. The minimum absolute atomic E-state index is 0.153. The molecule has 1 aliphatic carbocycles. The number of aryl methyl sites for hydroxylation is 1. The molecule has 6 nitrogen and oxygen atoms in total. The van der Waals surface area contributed by atoms with Gasteiger partial charge in [0.25, 0.3) is 0 Å². The SMILES string of the molecule is Cc1cccc(C#CC2(OC(=O)c3cccnc3)CCCC3C2CCN3C(=O)O)c1. The summed E-state index contributed by atoms with van der Waals surface area (Å²) in [7, 11) is 0. The quantitative estimate of drug-likeness (QED) is 0.607. The van der Waals surface area contributed by atoms with E-state index >= 15 is 0 Å². The highest BCUT2D eigenvalue weighted by atomic mass is 16.6. The van der Waals surface area contributed by atoms with E-state index in [0.717, 1.165) is 24.0 Å². The smallest absolute Gasteiger partial charge is 0.407 e. The summed E-state index contributed by atoms with van der Waals surface area (Å²) in [5.41, 5.74) is 1.29. The number of hydrogen-bond donors (Lipinski definition) is 1. The normalized spacial score (nSPS) is 25.0. The number of carbonyl (C=O) groups excluding carboxylic acids is 1. The lowest BCUT2D eigenvalue weighted by atomic mass is 9.72. The van der Waals surface area contributed by atoms with Gasteiger partial charge in [-0.15, -0.1) is 0 Å². The molecule has 1 amide bonds. The fourth-order valence-electron chi connectivity index (χ4n) is 4.67. The molecule has 2 heterocycles. The number of fused-ring (bicyclic) bond motifs is 1. The fraction of sp³-hybridized carbons (Fsp3) is 0.375. The van der Waals surface area contributed by atoms with E-state index in [1.54, 1.807) is 18.3 Å². The van der Waals surface area contributed by atoms with Gasteiger partial charge < -0.3 is 14.7 Å². The van der Waals surface area contributed by atoms with Crippen molar-refractivity contribution >= 4 is 12.1 Å². The molecule has 1 aliphatic heterocycles. The first-order valence-electron chi connectivity index (χ1n) is 10.2. The summed E-state index contributed by atoms with van der Waals surface area (Å²) >= 11 is 0. The summed E-state index contributed by atoms with van der Waals surface area (Å²) in [4.78, 5) is 30.1. The van der Waals surface area contributed by atoms with Crippen LogP contribution in [0, 0.1) is 24.7 Å². The van der Waals surface area contributed by atoms with Crippen LogP contribution >= 0.6 is 0 Å². The largest absolute Gasteiger partial charge is 0.465 e. The van der Waals surface area contributed by atoms with Crippen LogP contribution in [-0.4, -0.2) is 45.2 Å². The molecule has 2 fully saturated rings. The Morgan fingerprint density at radius 1 is 1.27 bits per heavy atom. The average molecular weight is 404 g/mol. The van der Waals surface area contributed by atoms with Gasteiger partial charge in [-0.1, -0.05) is 18.1 Å². The lowest BCUT2D eigenvalue weighted by molar-refractivity contribution is -0.0441. The van der Waals surface area contributed by atoms with Gasteiger partial charge in [0.05, 0.1) is 5.56 Å². The Kier molecular flexibility index (Phi) is 5.45. The Labute approximate surface area is 175 Å². The van der Waals surface area contributed by atoms with Gasteiger partial charge in [0.15, 0.2) is 5.60 Å². The molecule has 1 N–H and O–H groups in total. The minimum atomic E-state index is -1.02. The van der Waals surface area contributed by atoms with E-state index in [4.69, 9.17) is 4.74 Å². The second kappa shape index (κ2) is 8.19. The van der Waals surface area contributed by atoms with Gasteiger partial charge in [0.2, 0.25) is 0 Å². The number of carboxylic acid groups (broad SMARTS) is 1. The second-order valence-electron chi connectivity index (χ2n) is 7.97. The van der Waals surface area contributed by atoms with Crippen molar-refractivity contribution in [2.24, 2.45) is 5.92 Å². The van der Waals surface area contributed by atoms with E-state index in [0.29, 0.717) is 24.9 Å². The van der Waals surface area contributed by atoms with Crippen LogP contribution in [0.25, 0.3) is 0 Å². The molecule has 4 rings (SSSR count). The summed E-state index contributed by atoms with van der Waals surface area (Å²) in [5.74, 6) is 5.85. The zero-order valence-electron chi connectivity index (χ0n) is 16.9. The van der Waals surface area contributed by atoms with E-state index in [1.807, 2.05) is 31.2 Å². The molecule has 0 radical (unpaired) electrons. The molecule has 154 valence electrons. The van der Waals surface area contributed by atoms with Crippen LogP contribution in [-0.2, 0) is 4.74 Å². The molecular formula is C24H24N2O4. The summed E-state index contributed by atoms with van der Waals surface area (Å²) in [6.07, 6.45) is 4.86. The topological polar surface area (TPSA) is 79.7 Å². The second-order valence-corrected chi connectivity index (χ2v) is 7.97. The van der Waals surface area contributed by atoms with Crippen molar-refractivity contribution in [2.45, 2.75) is 44.2 Å².